The number of carbonyl (C=O) groups is 2. The molecule has 33 heavy (non-hydrogen) atoms. The van der Waals surface area contributed by atoms with Gasteiger partial charge in [0, 0.05) is 37.0 Å². The summed E-state index contributed by atoms with van der Waals surface area (Å²) in [5.41, 5.74) is 2.23. The number of likely N-dealkylation sites (tertiary alicyclic amines) is 1. The third-order valence-corrected chi connectivity index (χ3v) is 8.46. The van der Waals surface area contributed by atoms with E-state index in [-0.39, 0.29) is 23.2 Å². The van der Waals surface area contributed by atoms with Crippen molar-refractivity contribution in [2.75, 3.05) is 18.8 Å². The van der Waals surface area contributed by atoms with Gasteiger partial charge in [0.25, 0.3) is 5.91 Å². The summed E-state index contributed by atoms with van der Waals surface area (Å²) in [5, 5.41) is 4.92. The number of hydrogen-bond donors (Lipinski definition) is 1. The third-order valence-electron chi connectivity index (χ3n) is 6.28. The molecule has 2 aliphatic rings. The van der Waals surface area contributed by atoms with Crippen LogP contribution in [0.1, 0.15) is 39.0 Å². The maximum absolute atomic E-state index is 13.3. The predicted molar refractivity (Wildman–Crippen MR) is 131 cm³/mol. The zero-order valence-electron chi connectivity index (χ0n) is 18.3. The topological polar surface area (TPSA) is 65.8 Å². The molecule has 2 aromatic heterocycles. The molecule has 1 aromatic carbocycles. The number of piperidine rings is 1. The Labute approximate surface area is 201 Å². The van der Waals surface area contributed by atoms with Crippen molar-refractivity contribution < 1.29 is 14.0 Å². The molecule has 4 heterocycles. The first-order chi connectivity index (χ1) is 16.2. The maximum atomic E-state index is 13.3. The highest BCUT2D eigenvalue weighted by Gasteiger charge is 2.43. The van der Waals surface area contributed by atoms with Gasteiger partial charge in [-0.25, -0.2) is 0 Å². The van der Waals surface area contributed by atoms with Crippen molar-refractivity contribution in [2.24, 2.45) is 0 Å². The molecule has 172 valence electrons. The number of furan rings is 1. The van der Waals surface area contributed by atoms with E-state index in [1.54, 1.807) is 29.2 Å². The normalized spacial score (nSPS) is 21.9. The van der Waals surface area contributed by atoms with Crippen molar-refractivity contribution in [1.29, 1.82) is 0 Å². The van der Waals surface area contributed by atoms with E-state index in [0.29, 0.717) is 10.6 Å². The highest BCUT2D eigenvalue weighted by Crippen LogP contribution is 2.42. The number of nitrogens with zero attached hydrogens (tertiary/aromatic N) is 2. The fourth-order valence-electron chi connectivity index (χ4n) is 4.53. The largest absolute Gasteiger partial charge is 0.472 e. The van der Waals surface area contributed by atoms with Gasteiger partial charge in [0.05, 0.1) is 17.4 Å². The molecule has 2 amide bonds. The first-order valence-corrected chi connectivity index (χ1v) is 13.2. The van der Waals surface area contributed by atoms with Crippen molar-refractivity contribution >= 4 is 34.9 Å². The van der Waals surface area contributed by atoms with Gasteiger partial charge in [-0.3, -0.25) is 14.5 Å². The van der Waals surface area contributed by atoms with E-state index < -0.39 is 6.04 Å². The molecule has 3 aromatic rings. The van der Waals surface area contributed by atoms with Crippen LogP contribution in [0.25, 0.3) is 0 Å². The average molecular weight is 482 g/mol. The molecular weight excluding hydrogens is 454 g/mol. The number of benzene rings is 1. The highest BCUT2D eigenvalue weighted by molar-refractivity contribution is 7.99. The maximum Gasteiger partial charge on any atom is 0.265 e. The van der Waals surface area contributed by atoms with Crippen LogP contribution in [0.3, 0.4) is 0 Å². The molecule has 6 nitrogen and oxygen atoms in total. The number of nitrogens with one attached hydrogen (secondary N) is 1. The minimum absolute atomic E-state index is 0.0556. The van der Waals surface area contributed by atoms with Gasteiger partial charge in [0.1, 0.15) is 11.4 Å². The van der Waals surface area contributed by atoms with Crippen molar-refractivity contribution in [3.8, 4) is 0 Å². The standard InChI is InChI=1S/C25H27N3O3S2/c29-23(26-20-8-11-27(12-9-20)15-18-5-2-1-3-6-18)21-17-33-25(19-10-13-31-16-19)28(21)24(30)22-7-4-14-32-22/h1-7,10,13-14,16,20-21,25H,8-9,11-12,15,17H2,(H,26,29). The van der Waals surface area contributed by atoms with Crippen LogP contribution in [0.2, 0.25) is 0 Å². The Morgan fingerprint density at radius 2 is 1.88 bits per heavy atom. The molecule has 0 aliphatic carbocycles. The van der Waals surface area contributed by atoms with E-state index in [0.717, 1.165) is 38.0 Å². The number of thioether (sulfide) groups is 1. The van der Waals surface area contributed by atoms with Crippen LogP contribution in [0, 0.1) is 0 Å². The molecule has 5 rings (SSSR count). The molecule has 8 heteroatoms. The van der Waals surface area contributed by atoms with Crippen molar-refractivity contribution in [3.63, 3.8) is 0 Å². The summed E-state index contributed by atoms with van der Waals surface area (Å²) < 4.78 is 5.26. The summed E-state index contributed by atoms with van der Waals surface area (Å²) in [6.07, 6.45) is 5.11. The van der Waals surface area contributed by atoms with Gasteiger partial charge in [0.2, 0.25) is 5.91 Å². The Hall–Kier alpha value is -2.55. The van der Waals surface area contributed by atoms with Gasteiger partial charge in [-0.2, -0.15) is 0 Å². The van der Waals surface area contributed by atoms with Gasteiger partial charge in [0.15, 0.2) is 0 Å². The lowest BCUT2D eigenvalue weighted by molar-refractivity contribution is -0.125. The number of rotatable bonds is 6. The Kier molecular flexibility index (Phi) is 6.85. The zero-order chi connectivity index (χ0) is 22.6. The summed E-state index contributed by atoms with van der Waals surface area (Å²) in [6, 6.07) is 15.7. The molecule has 2 unspecified atom stereocenters. The monoisotopic (exact) mass is 481 g/mol. The summed E-state index contributed by atoms with van der Waals surface area (Å²) in [7, 11) is 0. The molecule has 2 aliphatic heterocycles. The van der Waals surface area contributed by atoms with Crippen molar-refractivity contribution in [3.05, 3.63) is 82.4 Å². The molecule has 1 N–H and O–H groups in total. The SMILES string of the molecule is O=C(NC1CCN(Cc2ccccc2)CC1)C1CSC(c2ccoc2)N1C(=O)c1cccs1. The van der Waals surface area contributed by atoms with E-state index in [1.165, 1.54) is 16.9 Å². The lowest BCUT2D eigenvalue weighted by Gasteiger charge is -2.34. The van der Waals surface area contributed by atoms with Gasteiger partial charge >= 0.3 is 0 Å². The number of amides is 2. The van der Waals surface area contributed by atoms with Gasteiger partial charge in [-0.05, 0) is 35.9 Å². The summed E-state index contributed by atoms with van der Waals surface area (Å²) in [4.78, 5) is 31.5. The Morgan fingerprint density at radius 3 is 2.58 bits per heavy atom. The quantitative estimate of drug-likeness (QED) is 0.566. The molecule has 0 bridgehead atoms. The molecule has 0 spiro atoms. The van der Waals surface area contributed by atoms with E-state index in [9.17, 15) is 9.59 Å². The molecule has 2 saturated heterocycles. The van der Waals surface area contributed by atoms with E-state index in [4.69, 9.17) is 4.42 Å². The van der Waals surface area contributed by atoms with E-state index >= 15 is 0 Å². The number of carbonyl (C=O) groups excluding carboxylic acids is 2. The highest BCUT2D eigenvalue weighted by atomic mass is 32.2. The molecule has 0 radical (unpaired) electrons. The van der Waals surface area contributed by atoms with Gasteiger partial charge in [-0.1, -0.05) is 36.4 Å². The van der Waals surface area contributed by atoms with Crippen LogP contribution in [0.15, 0.2) is 70.9 Å². The molecule has 2 atom stereocenters. The summed E-state index contributed by atoms with van der Waals surface area (Å²) >= 11 is 3.02. The van der Waals surface area contributed by atoms with Crippen LogP contribution in [-0.4, -0.2) is 52.5 Å². The second kappa shape index (κ2) is 10.2. The van der Waals surface area contributed by atoms with Crippen LogP contribution >= 0.6 is 23.1 Å². The second-order valence-corrected chi connectivity index (χ2v) is 10.6. The molecular formula is C25H27N3O3S2. The van der Waals surface area contributed by atoms with Gasteiger partial charge in [-0.15, -0.1) is 23.1 Å². The van der Waals surface area contributed by atoms with Crippen LogP contribution < -0.4 is 5.32 Å². The zero-order valence-corrected chi connectivity index (χ0v) is 19.9. The van der Waals surface area contributed by atoms with Crippen LogP contribution in [0.5, 0.6) is 0 Å². The van der Waals surface area contributed by atoms with E-state index in [2.05, 4.69) is 34.5 Å². The van der Waals surface area contributed by atoms with Gasteiger partial charge < -0.3 is 14.6 Å². The minimum atomic E-state index is -0.494. The number of thiophene rings is 1. The first-order valence-electron chi connectivity index (χ1n) is 11.3. The average Bonchev–Trinajstić information content (AvgIpc) is 3.62. The summed E-state index contributed by atoms with van der Waals surface area (Å²) in [5.74, 6) is 0.421. The Bertz CT molecular complexity index is 1050. The summed E-state index contributed by atoms with van der Waals surface area (Å²) in [6.45, 7) is 2.85. The van der Waals surface area contributed by atoms with E-state index in [1.807, 2.05) is 29.6 Å². The fraction of sp³-hybridized carbons (Fsp3) is 0.360. The Morgan fingerprint density at radius 1 is 1.06 bits per heavy atom. The Balaban J connectivity index is 1.22. The third kappa shape index (κ3) is 5.03. The lowest BCUT2D eigenvalue weighted by Crippen LogP contribution is -2.52. The second-order valence-electron chi connectivity index (χ2n) is 8.49. The molecule has 2 fully saturated rings. The number of hydrogen-bond acceptors (Lipinski definition) is 6. The fourth-order valence-corrected chi connectivity index (χ4v) is 6.60. The lowest BCUT2D eigenvalue weighted by atomic mass is 10.0. The van der Waals surface area contributed by atoms with Crippen LogP contribution in [0.4, 0.5) is 0 Å². The first kappa shape index (κ1) is 22.3. The van der Waals surface area contributed by atoms with Crippen molar-refractivity contribution in [2.45, 2.75) is 36.8 Å². The predicted octanol–water partition coefficient (Wildman–Crippen LogP) is 4.38. The minimum Gasteiger partial charge on any atom is -0.472 e. The molecule has 0 saturated carbocycles. The smallest absolute Gasteiger partial charge is 0.265 e. The van der Waals surface area contributed by atoms with Crippen molar-refractivity contribution in [1.82, 2.24) is 15.1 Å². The van der Waals surface area contributed by atoms with Crippen LogP contribution in [-0.2, 0) is 11.3 Å².